The van der Waals surface area contributed by atoms with Crippen molar-refractivity contribution < 1.29 is 27.6 Å². The van der Waals surface area contributed by atoms with Gasteiger partial charge in [0.15, 0.2) is 6.04 Å². The van der Waals surface area contributed by atoms with Gasteiger partial charge in [-0.2, -0.15) is 13.2 Å². The van der Waals surface area contributed by atoms with Gasteiger partial charge in [-0.05, 0) is 20.8 Å². The number of hydrogen-bond acceptors (Lipinski definition) is 4. The maximum absolute atomic E-state index is 12.5. The molecule has 0 aromatic rings. The quantitative estimate of drug-likeness (QED) is 0.645. The lowest BCUT2D eigenvalue weighted by molar-refractivity contribution is -0.167. The Kier molecular flexibility index (Phi) is 5.26. The van der Waals surface area contributed by atoms with Gasteiger partial charge in [0.05, 0.1) is 0 Å². The largest absolute Gasteiger partial charge is 0.598 e. The highest BCUT2D eigenvalue weighted by Gasteiger charge is 2.50. The number of nitrogens with one attached hydrogen (secondary N) is 1. The number of rotatable bonds is 4. The molecule has 0 saturated heterocycles. The number of aliphatic carboxylic acids is 1. The molecule has 1 unspecified atom stereocenters. The van der Waals surface area contributed by atoms with E-state index in [1.54, 1.807) is 4.72 Å². The summed E-state index contributed by atoms with van der Waals surface area (Å²) in [6.07, 6.45) is -4.89. The van der Waals surface area contributed by atoms with Crippen LogP contribution in [0.15, 0.2) is 0 Å². The van der Waals surface area contributed by atoms with Crippen molar-refractivity contribution in [1.29, 1.82) is 0 Å². The van der Waals surface area contributed by atoms with Crippen LogP contribution in [0.5, 0.6) is 0 Å². The fourth-order valence-corrected chi connectivity index (χ4v) is 1.64. The second kappa shape index (κ2) is 5.42. The van der Waals surface area contributed by atoms with Gasteiger partial charge in [-0.1, -0.05) is 0 Å². The molecule has 0 aliphatic rings. The van der Waals surface area contributed by atoms with Gasteiger partial charge >= 0.3 is 12.1 Å². The minimum Gasteiger partial charge on any atom is -0.598 e. The lowest BCUT2D eigenvalue weighted by Gasteiger charge is -2.30. The van der Waals surface area contributed by atoms with E-state index < -0.39 is 40.3 Å². The van der Waals surface area contributed by atoms with E-state index in [-0.39, 0.29) is 0 Å². The number of nitrogens with two attached hydrogens (primary N) is 1. The average Bonchev–Trinajstić information content (AvgIpc) is 2.08. The zero-order chi connectivity index (χ0) is 14.0. The molecule has 0 heterocycles. The smallest absolute Gasteiger partial charge is 0.410 e. The summed E-state index contributed by atoms with van der Waals surface area (Å²) in [6, 6.07) is -4.76. The van der Waals surface area contributed by atoms with Crippen molar-refractivity contribution in [2.45, 2.75) is 43.8 Å². The maximum atomic E-state index is 12.5. The van der Waals surface area contributed by atoms with E-state index in [0.29, 0.717) is 0 Å². The highest BCUT2D eigenvalue weighted by molar-refractivity contribution is 7.90. The summed E-state index contributed by atoms with van der Waals surface area (Å²) in [5, 5.41) is 8.47. The number of alkyl halides is 3. The summed E-state index contributed by atoms with van der Waals surface area (Å²) in [6.45, 7) is 4.36. The summed E-state index contributed by atoms with van der Waals surface area (Å²) < 4.78 is 49.9. The Morgan fingerprint density at radius 3 is 2.06 bits per heavy atom. The molecule has 0 fully saturated rings. The van der Waals surface area contributed by atoms with Crippen LogP contribution in [0, 0.1) is 0 Å². The molecule has 0 bridgehead atoms. The summed E-state index contributed by atoms with van der Waals surface area (Å²) in [5.74, 6) is -1.81. The zero-order valence-corrected chi connectivity index (χ0v) is 10.4. The predicted molar refractivity (Wildman–Crippen MR) is 56.5 cm³/mol. The molecule has 0 saturated carbocycles. The van der Waals surface area contributed by atoms with Crippen molar-refractivity contribution in [3.63, 3.8) is 0 Å². The van der Waals surface area contributed by atoms with Gasteiger partial charge in [0, 0.05) is 11.4 Å². The number of hydrogen-bond donors (Lipinski definition) is 3. The fraction of sp³-hybridized carbons (Fsp3) is 0.875. The molecule has 0 aliphatic heterocycles. The summed E-state index contributed by atoms with van der Waals surface area (Å²) in [5.41, 5.74) is 4.92. The topological polar surface area (TPSA) is 98.4 Å². The summed E-state index contributed by atoms with van der Waals surface area (Å²) in [7, 11) is 0. The minimum atomic E-state index is -4.89. The molecule has 17 heavy (non-hydrogen) atoms. The van der Waals surface area contributed by atoms with Crippen molar-refractivity contribution in [3.8, 4) is 0 Å². The standard InChI is InChI=1S/C8H15F3N2O3S/c1-7(2,3)17(16)13-5(8(9,10)11)4(12)6(14)15/h4-5,13H,12H2,1-3H3,(H,14,15)/t4-,5-,17?/m1/s1. The SMILES string of the molecule is CC(C)(C)[S+]([O-])N[C@H]([C@@H](N)C(=O)O)C(F)(F)F. The number of halogens is 3. The molecular formula is C8H15F3N2O3S. The third kappa shape index (κ3) is 5.11. The molecule has 0 aromatic heterocycles. The van der Waals surface area contributed by atoms with Crippen LogP contribution in [0.25, 0.3) is 0 Å². The molecule has 3 atom stereocenters. The molecule has 9 heteroatoms. The van der Waals surface area contributed by atoms with Crippen LogP contribution in [0.1, 0.15) is 20.8 Å². The Labute approximate surface area is 99.9 Å². The van der Waals surface area contributed by atoms with Gasteiger partial charge in [-0.25, -0.2) is 0 Å². The molecular weight excluding hydrogens is 261 g/mol. The first-order valence-corrected chi connectivity index (χ1v) is 5.75. The zero-order valence-electron chi connectivity index (χ0n) is 9.54. The molecule has 4 N–H and O–H groups in total. The number of carbonyl (C=O) groups is 1. The Hall–Kier alpha value is -0.510. The van der Waals surface area contributed by atoms with E-state index in [9.17, 15) is 22.5 Å². The molecule has 0 aliphatic carbocycles. The van der Waals surface area contributed by atoms with Crippen molar-refractivity contribution >= 4 is 17.3 Å². The highest BCUT2D eigenvalue weighted by atomic mass is 32.2. The average molecular weight is 276 g/mol. The van der Waals surface area contributed by atoms with Crippen molar-refractivity contribution in [1.82, 2.24) is 4.72 Å². The molecule has 0 aromatic carbocycles. The molecule has 102 valence electrons. The third-order valence-corrected chi connectivity index (χ3v) is 3.37. The van der Waals surface area contributed by atoms with E-state index in [1.807, 2.05) is 0 Å². The number of carboxylic acids is 1. The fourth-order valence-electron chi connectivity index (χ4n) is 0.778. The molecule has 0 amide bonds. The van der Waals surface area contributed by atoms with Crippen LogP contribution in [0.3, 0.4) is 0 Å². The van der Waals surface area contributed by atoms with Gasteiger partial charge in [0.1, 0.15) is 10.8 Å². The van der Waals surface area contributed by atoms with E-state index in [0.717, 1.165) is 0 Å². The van der Waals surface area contributed by atoms with Crippen LogP contribution in [0.2, 0.25) is 0 Å². The Balaban J connectivity index is 4.92. The first-order valence-electron chi connectivity index (χ1n) is 4.60. The predicted octanol–water partition coefficient (Wildman–Crippen LogP) is 0.381. The Morgan fingerprint density at radius 2 is 1.82 bits per heavy atom. The second-order valence-electron chi connectivity index (χ2n) is 4.38. The van der Waals surface area contributed by atoms with Gasteiger partial charge in [-0.3, -0.25) is 4.79 Å². The molecule has 5 nitrogen and oxygen atoms in total. The van der Waals surface area contributed by atoms with E-state index in [1.165, 1.54) is 20.8 Å². The van der Waals surface area contributed by atoms with Crippen molar-refractivity contribution in [2.24, 2.45) is 5.73 Å². The highest BCUT2D eigenvalue weighted by Crippen LogP contribution is 2.25. The lowest BCUT2D eigenvalue weighted by Crippen LogP contribution is -2.61. The normalized spacial score (nSPS) is 18.6. The molecule has 0 radical (unpaired) electrons. The van der Waals surface area contributed by atoms with Crippen molar-refractivity contribution in [3.05, 3.63) is 0 Å². The van der Waals surface area contributed by atoms with Crippen LogP contribution in [0.4, 0.5) is 13.2 Å². The minimum absolute atomic E-state index is 0.957. The Bertz CT molecular complexity index is 280. The monoisotopic (exact) mass is 276 g/mol. The lowest BCUT2D eigenvalue weighted by atomic mass is 10.1. The van der Waals surface area contributed by atoms with E-state index in [4.69, 9.17) is 10.8 Å². The molecule has 0 spiro atoms. The first-order chi connectivity index (χ1) is 7.37. The molecule has 0 rings (SSSR count). The van der Waals surface area contributed by atoms with Gasteiger partial charge in [0.25, 0.3) is 0 Å². The van der Waals surface area contributed by atoms with Crippen LogP contribution < -0.4 is 10.5 Å². The van der Waals surface area contributed by atoms with Crippen LogP contribution in [-0.2, 0) is 16.2 Å². The van der Waals surface area contributed by atoms with Gasteiger partial charge in [-0.15, -0.1) is 4.72 Å². The third-order valence-electron chi connectivity index (χ3n) is 1.79. The van der Waals surface area contributed by atoms with Gasteiger partial charge < -0.3 is 15.4 Å². The van der Waals surface area contributed by atoms with Crippen molar-refractivity contribution in [2.75, 3.05) is 0 Å². The number of carboxylic acid groups (broad SMARTS) is 1. The maximum Gasteiger partial charge on any atom is 0.410 e. The summed E-state index contributed by atoms with van der Waals surface area (Å²) >= 11 is -2.06. The first kappa shape index (κ1) is 16.5. The summed E-state index contributed by atoms with van der Waals surface area (Å²) in [4.78, 5) is 10.5. The van der Waals surface area contributed by atoms with E-state index >= 15 is 0 Å². The van der Waals surface area contributed by atoms with Crippen LogP contribution in [-0.4, -0.2) is 38.6 Å². The van der Waals surface area contributed by atoms with E-state index in [2.05, 4.69) is 0 Å². The Morgan fingerprint density at radius 1 is 1.41 bits per heavy atom. The van der Waals surface area contributed by atoms with Gasteiger partial charge in [0.2, 0.25) is 0 Å². The van der Waals surface area contributed by atoms with Crippen LogP contribution >= 0.6 is 0 Å². The second-order valence-corrected chi connectivity index (χ2v) is 6.38.